The first-order chi connectivity index (χ1) is 27.1. The molecule has 0 saturated heterocycles. The lowest BCUT2D eigenvalue weighted by molar-refractivity contribution is -0.870. The van der Waals surface area contributed by atoms with Crippen molar-refractivity contribution in [1.29, 1.82) is 0 Å². The molecular weight excluding hydrogens is 721 g/mol. The van der Waals surface area contributed by atoms with Gasteiger partial charge in [-0.25, -0.2) is 4.57 Å². The Hall–Kier alpha value is -1.54. The van der Waals surface area contributed by atoms with E-state index in [1.165, 1.54) is 103 Å². The normalized spacial score (nSPS) is 14.2. The molecule has 2 unspecified atom stereocenters. The predicted molar refractivity (Wildman–Crippen MR) is 238 cm³/mol. The molecule has 8 nitrogen and oxygen atoms in total. The van der Waals surface area contributed by atoms with Crippen molar-refractivity contribution in [3.05, 3.63) is 48.6 Å². The fraction of sp³-hybridized carbons (Fsp3) is 0.809. The average Bonchev–Trinajstić information content (AvgIpc) is 3.15. The standard InChI is InChI=1S/C47H88NO7P/c1-6-8-10-12-14-16-18-19-20-21-22-23-24-25-26-27-28-29-30-31-33-35-37-39-42-52-44-46(45-54-56(50,51)53-43-41-48(3,4)5)55-47(49)40-38-36-34-32-17-15-13-11-9-7-2/h11,13,18-19,21-22,24-25,46H,6-10,12,14-17,20,23,26-45H2,1-5H3/p+1/b13-11-,19-18-,22-21-,25-24-. The third-order valence-corrected chi connectivity index (χ3v) is 10.6. The highest BCUT2D eigenvalue weighted by molar-refractivity contribution is 7.47. The Bertz CT molecular complexity index is 1040. The van der Waals surface area contributed by atoms with E-state index in [4.69, 9.17) is 18.5 Å². The van der Waals surface area contributed by atoms with Gasteiger partial charge in [-0.2, -0.15) is 0 Å². The van der Waals surface area contributed by atoms with Gasteiger partial charge in [0, 0.05) is 13.0 Å². The molecule has 0 aliphatic carbocycles. The summed E-state index contributed by atoms with van der Waals surface area (Å²) < 4.78 is 34.9. The van der Waals surface area contributed by atoms with Crippen molar-refractivity contribution in [2.24, 2.45) is 0 Å². The number of ether oxygens (including phenoxy) is 2. The van der Waals surface area contributed by atoms with Gasteiger partial charge in [0.05, 0.1) is 34.4 Å². The second kappa shape index (κ2) is 40.2. The molecule has 0 aromatic carbocycles. The van der Waals surface area contributed by atoms with E-state index in [0.29, 0.717) is 24.1 Å². The number of allylic oxidation sites excluding steroid dienone is 8. The minimum Gasteiger partial charge on any atom is -0.457 e. The number of unbranched alkanes of at least 4 members (excludes halogenated alkanes) is 20. The van der Waals surface area contributed by atoms with E-state index in [-0.39, 0.29) is 25.8 Å². The average molecular weight is 811 g/mol. The van der Waals surface area contributed by atoms with Gasteiger partial charge in [0.1, 0.15) is 19.3 Å². The quantitative estimate of drug-likeness (QED) is 0.0216. The lowest BCUT2D eigenvalue weighted by Crippen LogP contribution is -2.37. The van der Waals surface area contributed by atoms with E-state index in [1.54, 1.807) is 0 Å². The van der Waals surface area contributed by atoms with Gasteiger partial charge in [-0.3, -0.25) is 13.8 Å². The number of carbonyl (C=O) groups is 1. The predicted octanol–water partition coefficient (Wildman–Crippen LogP) is 13.6. The summed E-state index contributed by atoms with van der Waals surface area (Å²) in [4.78, 5) is 22.8. The highest BCUT2D eigenvalue weighted by Gasteiger charge is 2.26. The molecule has 0 aromatic rings. The van der Waals surface area contributed by atoms with Crippen molar-refractivity contribution in [2.45, 2.75) is 193 Å². The lowest BCUT2D eigenvalue weighted by Gasteiger charge is -2.24. The van der Waals surface area contributed by atoms with Crippen LogP contribution < -0.4 is 0 Å². The number of quaternary nitrogens is 1. The molecule has 328 valence electrons. The first-order valence-corrected chi connectivity index (χ1v) is 24.4. The maximum Gasteiger partial charge on any atom is 0.472 e. The van der Waals surface area contributed by atoms with Crippen LogP contribution in [0.5, 0.6) is 0 Å². The van der Waals surface area contributed by atoms with E-state index in [9.17, 15) is 14.3 Å². The van der Waals surface area contributed by atoms with Crippen LogP contribution in [0.3, 0.4) is 0 Å². The molecule has 0 saturated carbocycles. The second-order valence-corrected chi connectivity index (χ2v) is 17.9. The van der Waals surface area contributed by atoms with Crippen LogP contribution in [0.2, 0.25) is 0 Å². The van der Waals surface area contributed by atoms with Crippen LogP contribution in [0.15, 0.2) is 48.6 Å². The fourth-order valence-corrected chi connectivity index (χ4v) is 6.77. The molecule has 2 atom stereocenters. The van der Waals surface area contributed by atoms with E-state index in [1.807, 2.05) is 21.1 Å². The van der Waals surface area contributed by atoms with Crippen molar-refractivity contribution in [1.82, 2.24) is 0 Å². The Balaban J connectivity index is 4.11. The van der Waals surface area contributed by atoms with Crippen molar-refractivity contribution < 1.29 is 37.3 Å². The molecular formula is C47H89NO7P+. The number of rotatable bonds is 42. The number of carbonyl (C=O) groups excluding carboxylic acids is 1. The van der Waals surface area contributed by atoms with Gasteiger partial charge in [0.25, 0.3) is 0 Å². The molecule has 0 aromatic heterocycles. The first-order valence-electron chi connectivity index (χ1n) is 22.9. The molecule has 56 heavy (non-hydrogen) atoms. The summed E-state index contributed by atoms with van der Waals surface area (Å²) in [5, 5.41) is 0. The van der Waals surface area contributed by atoms with Gasteiger partial charge in [-0.05, 0) is 70.6 Å². The zero-order valence-electron chi connectivity index (χ0n) is 37.1. The molecule has 0 fully saturated rings. The molecule has 0 radical (unpaired) electrons. The Morgan fingerprint density at radius 3 is 1.55 bits per heavy atom. The van der Waals surface area contributed by atoms with Crippen molar-refractivity contribution in [3.63, 3.8) is 0 Å². The van der Waals surface area contributed by atoms with Crippen LogP contribution in [0.25, 0.3) is 0 Å². The van der Waals surface area contributed by atoms with E-state index >= 15 is 0 Å². The maximum absolute atomic E-state index is 12.6. The van der Waals surface area contributed by atoms with Crippen LogP contribution in [0, 0.1) is 0 Å². The number of phosphoric acid groups is 1. The van der Waals surface area contributed by atoms with Gasteiger partial charge in [-0.1, -0.05) is 159 Å². The number of likely N-dealkylation sites (N-methyl/N-ethyl adjacent to an activating group) is 1. The zero-order valence-corrected chi connectivity index (χ0v) is 38.0. The number of phosphoric ester groups is 1. The van der Waals surface area contributed by atoms with E-state index in [2.05, 4.69) is 62.5 Å². The topological polar surface area (TPSA) is 91.3 Å². The van der Waals surface area contributed by atoms with Gasteiger partial charge < -0.3 is 18.9 Å². The van der Waals surface area contributed by atoms with E-state index < -0.39 is 13.9 Å². The number of nitrogens with zero attached hydrogens (tertiary/aromatic N) is 1. The largest absolute Gasteiger partial charge is 0.472 e. The zero-order chi connectivity index (χ0) is 41.3. The van der Waals surface area contributed by atoms with Crippen LogP contribution in [0.4, 0.5) is 0 Å². The Morgan fingerprint density at radius 2 is 1.02 bits per heavy atom. The molecule has 0 aliphatic heterocycles. The maximum atomic E-state index is 12.6. The fourth-order valence-electron chi connectivity index (χ4n) is 6.03. The smallest absolute Gasteiger partial charge is 0.457 e. The number of esters is 1. The number of hydrogen-bond donors (Lipinski definition) is 1. The molecule has 0 amide bonds. The third kappa shape index (κ3) is 43.6. The van der Waals surface area contributed by atoms with E-state index in [0.717, 1.165) is 64.2 Å². The third-order valence-electron chi connectivity index (χ3n) is 9.59. The molecule has 0 spiro atoms. The van der Waals surface area contributed by atoms with Crippen molar-refractivity contribution in [2.75, 3.05) is 54.1 Å². The summed E-state index contributed by atoms with van der Waals surface area (Å²) >= 11 is 0. The van der Waals surface area contributed by atoms with Crippen molar-refractivity contribution >= 4 is 13.8 Å². The summed E-state index contributed by atoms with van der Waals surface area (Å²) in [7, 11) is 1.65. The Morgan fingerprint density at radius 1 is 0.554 bits per heavy atom. The molecule has 0 bridgehead atoms. The molecule has 1 N–H and O–H groups in total. The summed E-state index contributed by atoms with van der Waals surface area (Å²) in [5.41, 5.74) is 0. The van der Waals surface area contributed by atoms with Gasteiger partial charge >= 0.3 is 13.8 Å². The molecule has 0 heterocycles. The van der Waals surface area contributed by atoms with Crippen molar-refractivity contribution in [3.8, 4) is 0 Å². The summed E-state index contributed by atoms with van der Waals surface area (Å²) in [6.07, 6.45) is 48.7. The first kappa shape index (κ1) is 54.5. The lowest BCUT2D eigenvalue weighted by atomic mass is 10.1. The minimum atomic E-state index is -4.28. The SMILES string of the molecule is CCC/C=C\CCCCCCCC(=O)OC(COCCCCCCCCCCC/C=C\C/C=C\C/C=C\CCCCCCC)COP(=O)(O)OCC[N+](C)(C)C. The molecule has 0 rings (SSSR count). The Kier molecular flexibility index (Phi) is 39.1. The highest BCUT2D eigenvalue weighted by atomic mass is 31.2. The van der Waals surface area contributed by atoms with Crippen LogP contribution in [0.1, 0.15) is 187 Å². The summed E-state index contributed by atoms with van der Waals surface area (Å²) in [5.74, 6) is -0.329. The van der Waals surface area contributed by atoms with Gasteiger partial charge in [-0.15, -0.1) is 0 Å². The molecule has 0 aliphatic rings. The van der Waals surface area contributed by atoms with Crippen LogP contribution in [-0.4, -0.2) is 75.6 Å². The number of hydrogen-bond acceptors (Lipinski definition) is 6. The summed E-state index contributed by atoms with van der Waals surface area (Å²) in [6, 6.07) is 0. The highest BCUT2D eigenvalue weighted by Crippen LogP contribution is 2.43. The molecule has 9 heteroatoms. The van der Waals surface area contributed by atoms with Crippen LogP contribution in [-0.2, 0) is 27.9 Å². The Labute approximate surface area is 346 Å². The van der Waals surface area contributed by atoms with Gasteiger partial charge in [0.2, 0.25) is 0 Å². The summed E-state index contributed by atoms with van der Waals surface area (Å²) in [6.45, 7) is 5.52. The minimum absolute atomic E-state index is 0.0845. The monoisotopic (exact) mass is 811 g/mol. The van der Waals surface area contributed by atoms with Gasteiger partial charge in [0.15, 0.2) is 0 Å². The van der Waals surface area contributed by atoms with Crippen LogP contribution >= 0.6 is 7.82 Å². The second-order valence-electron chi connectivity index (χ2n) is 16.4.